The second-order valence-corrected chi connectivity index (χ2v) is 7.09. The fourth-order valence-electron chi connectivity index (χ4n) is 2.70. The molecule has 0 aliphatic carbocycles. The van der Waals surface area contributed by atoms with Crippen LogP contribution < -0.4 is 9.47 Å². The van der Waals surface area contributed by atoms with Crippen molar-refractivity contribution in [2.45, 2.75) is 33.8 Å². The molecule has 0 aliphatic rings. The fourth-order valence-corrected chi connectivity index (χ4v) is 2.83. The van der Waals surface area contributed by atoms with Gasteiger partial charge in [0.15, 0.2) is 0 Å². The minimum atomic E-state index is -0.391. The number of methoxy groups -OCH3 is 1. The third kappa shape index (κ3) is 6.99. The van der Waals surface area contributed by atoms with E-state index < -0.39 is 5.97 Å². The zero-order valence-electron chi connectivity index (χ0n) is 17.3. The molecule has 0 aromatic heterocycles. The molecular weight excluding hydrogens is 388 g/mol. The van der Waals surface area contributed by atoms with Gasteiger partial charge in [-0.1, -0.05) is 35.4 Å². The van der Waals surface area contributed by atoms with E-state index in [2.05, 4.69) is 6.08 Å². The summed E-state index contributed by atoms with van der Waals surface area (Å²) < 4.78 is 16.8. The van der Waals surface area contributed by atoms with Crippen molar-refractivity contribution in [3.05, 3.63) is 75.8 Å². The van der Waals surface area contributed by atoms with Crippen molar-refractivity contribution in [2.24, 2.45) is 0 Å². The van der Waals surface area contributed by atoms with Crippen LogP contribution >= 0.6 is 11.6 Å². The first-order valence-corrected chi connectivity index (χ1v) is 9.87. The van der Waals surface area contributed by atoms with Gasteiger partial charge < -0.3 is 14.2 Å². The van der Waals surface area contributed by atoms with Crippen molar-refractivity contribution < 1.29 is 19.0 Å². The minimum absolute atomic E-state index is 0.331. The van der Waals surface area contributed by atoms with Crippen LogP contribution in [0, 0.1) is 0 Å². The van der Waals surface area contributed by atoms with Gasteiger partial charge in [0, 0.05) is 22.2 Å². The molecule has 0 amide bonds. The van der Waals surface area contributed by atoms with Crippen LogP contribution in [0.2, 0.25) is 5.02 Å². The third-order valence-electron chi connectivity index (χ3n) is 4.16. The molecule has 29 heavy (non-hydrogen) atoms. The fraction of sp³-hybridized carbons (Fsp3) is 0.292. The number of carbonyl (C=O) groups is 1. The molecule has 0 fully saturated rings. The number of benzene rings is 2. The number of halogens is 1. The summed E-state index contributed by atoms with van der Waals surface area (Å²) in [5.74, 6) is 1.03. The monoisotopic (exact) mass is 414 g/mol. The second kappa shape index (κ2) is 11.3. The van der Waals surface area contributed by atoms with Crippen LogP contribution in [-0.4, -0.2) is 19.7 Å². The molecule has 0 aliphatic heterocycles. The molecule has 2 rings (SSSR count). The Hall–Kier alpha value is -2.72. The topological polar surface area (TPSA) is 44.8 Å². The number of rotatable bonds is 9. The van der Waals surface area contributed by atoms with Crippen molar-refractivity contribution in [3.63, 3.8) is 0 Å². The summed E-state index contributed by atoms with van der Waals surface area (Å²) in [5, 5.41) is 0.678. The van der Waals surface area contributed by atoms with Crippen molar-refractivity contribution in [1.29, 1.82) is 0 Å². The van der Waals surface area contributed by atoms with Crippen LogP contribution in [0.1, 0.15) is 37.5 Å². The van der Waals surface area contributed by atoms with E-state index in [1.54, 1.807) is 20.1 Å². The summed E-state index contributed by atoms with van der Waals surface area (Å²) in [6.45, 7) is 6.57. The number of ether oxygens (including phenoxy) is 3. The van der Waals surface area contributed by atoms with Crippen molar-refractivity contribution in [2.75, 3.05) is 13.7 Å². The second-order valence-electron chi connectivity index (χ2n) is 6.65. The van der Waals surface area contributed by atoms with Crippen LogP contribution in [0.3, 0.4) is 0 Å². The molecular formula is C24H27ClO4. The number of hydrogen-bond acceptors (Lipinski definition) is 4. The maximum Gasteiger partial charge on any atom is 0.330 e. The van der Waals surface area contributed by atoms with E-state index in [1.807, 2.05) is 50.2 Å². The molecule has 0 N–H and O–H groups in total. The SMILES string of the molecule is CCOC(=O)C=Cc1ccc(OC)c(CC=C(C)C)c1OCc1ccc(Cl)cc1. The van der Waals surface area contributed by atoms with Crippen LogP contribution in [0.5, 0.6) is 11.5 Å². The van der Waals surface area contributed by atoms with Gasteiger partial charge in [0.05, 0.1) is 13.7 Å². The van der Waals surface area contributed by atoms with Crippen LogP contribution in [0.4, 0.5) is 0 Å². The highest BCUT2D eigenvalue weighted by molar-refractivity contribution is 6.30. The smallest absolute Gasteiger partial charge is 0.330 e. The number of esters is 1. The van der Waals surface area contributed by atoms with Gasteiger partial charge in [-0.25, -0.2) is 4.79 Å². The lowest BCUT2D eigenvalue weighted by Crippen LogP contribution is -2.03. The molecule has 0 spiro atoms. The largest absolute Gasteiger partial charge is 0.496 e. The normalized spacial score (nSPS) is 10.7. The molecule has 2 aromatic rings. The van der Waals surface area contributed by atoms with Crippen molar-refractivity contribution in [3.8, 4) is 11.5 Å². The first-order valence-electron chi connectivity index (χ1n) is 9.49. The zero-order chi connectivity index (χ0) is 21.2. The Bertz CT molecular complexity index is 878. The Morgan fingerprint density at radius 1 is 1.10 bits per heavy atom. The van der Waals surface area contributed by atoms with Gasteiger partial charge in [-0.05, 0) is 63.1 Å². The van der Waals surface area contributed by atoms with E-state index in [9.17, 15) is 4.79 Å². The van der Waals surface area contributed by atoms with Gasteiger partial charge in [-0.3, -0.25) is 0 Å². The first-order chi connectivity index (χ1) is 13.9. The maximum atomic E-state index is 11.8. The van der Waals surface area contributed by atoms with Crippen LogP contribution in [-0.2, 0) is 22.6 Å². The first kappa shape index (κ1) is 22.6. The molecule has 154 valence electrons. The van der Waals surface area contributed by atoms with Gasteiger partial charge in [0.2, 0.25) is 0 Å². The van der Waals surface area contributed by atoms with Gasteiger partial charge in [0.25, 0.3) is 0 Å². The van der Waals surface area contributed by atoms with E-state index in [0.717, 1.165) is 22.4 Å². The number of carbonyl (C=O) groups excluding carboxylic acids is 1. The summed E-state index contributed by atoms with van der Waals surface area (Å²) >= 11 is 5.97. The van der Waals surface area contributed by atoms with Gasteiger partial charge in [-0.15, -0.1) is 0 Å². The molecule has 4 nitrogen and oxygen atoms in total. The van der Waals surface area contributed by atoms with E-state index in [4.69, 9.17) is 25.8 Å². The lowest BCUT2D eigenvalue weighted by molar-refractivity contribution is -0.137. The molecule has 0 unspecified atom stereocenters. The van der Waals surface area contributed by atoms with E-state index in [0.29, 0.717) is 30.4 Å². The van der Waals surface area contributed by atoms with Crippen molar-refractivity contribution in [1.82, 2.24) is 0 Å². The lowest BCUT2D eigenvalue weighted by atomic mass is 10.0. The van der Waals surface area contributed by atoms with E-state index in [-0.39, 0.29) is 0 Å². The molecule has 0 atom stereocenters. The summed E-state index contributed by atoms with van der Waals surface area (Å²) in [6, 6.07) is 11.3. The maximum absolute atomic E-state index is 11.8. The summed E-state index contributed by atoms with van der Waals surface area (Å²) in [4.78, 5) is 11.8. The Labute approximate surface area is 177 Å². The van der Waals surface area contributed by atoms with E-state index >= 15 is 0 Å². The summed E-state index contributed by atoms with van der Waals surface area (Å²) in [7, 11) is 1.64. The van der Waals surface area contributed by atoms with Crippen LogP contribution in [0.25, 0.3) is 6.08 Å². The number of hydrogen-bond donors (Lipinski definition) is 0. The average molecular weight is 415 g/mol. The third-order valence-corrected chi connectivity index (χ3v) is 4.42. The molecule has 0 heterocycles. The predicted molar refractivity (Wildman–Crippen MR) is 118 cm³/mol. The van der Waals surface area contributed by atoms with Gasteiger partial charge in [-0.2, -0.15) is 0 Å². The van der Waals surface area contributed by atoms with Gasteiger partial charge >= 0.3 is 5.97 Å². The van der Waals surface area contributed by atoms with Crippen molar-refractivity contribution >= 4 is 23.6 Å². The van der Waals surface area contributed by atoms with Gasteiger partial charge in [0.1, 0.15) is 18.1 Å². The van der Waals surface area contributed by atoms with E-state index in [1.165, 1.54) is 11.6 Å². The standard InChI is InChI=1S/C24H27ClO4/c1-5-28-23(26)15-10-19-9-14-22(27-4)21(13-6-17(2)3)24(19)29-16-18-7-11-20(25)12-8-18/h6-12,14-15H,5,13,16H2,1-4H3. The Kier molecular flexibility index (Phi) is 8.81. The quantitative estimate of drug-likeness (QED) is 0.286. The summed E-state index contributed by atoms with van der Waals surface area (Å²) in [5.41, 5.74) is 3.90. The lowest BCUT2D eigenvalue weighted by Gasteiger charge is -2.17. The Morgan fingerprint density at radius 3 is 2.45 bits per heavy atom. The highest BCUT2D eigenvalue weighted by Crippen LogP contribution is 2.35. The van der Waals surface area contributed by atoms with Crippen LogP contribution in [0.15, 0.2) is 54.1 Å². The predicted octanol–water partition coefficient (Wildman–Crippen LogP) is 6.01. The highest BCUT2D eigenvalue weighted by Gasteiger charge is 2.14. The molecule has 0 radical (unpaired) electrons. The summed E-state index contributed by atoms with van der Waals surface area (Å²) in [6.07, 6.45) is 5.89. The minimum Gasteiger partial charge on any atom is -0.496 e. The average Bonchev–Trinajstić information content (AvgIpc) is 2.70. The Balaban J connectivity index is 2.42. The molecule has 0 bridgehead atoms. The molecule has 5 heteroatoms. The highest BCUT2D eigenvalue weighted by atomic mass is 35.5. The zero-order valence-corrected chi connectivity index (χ0v) is 18.1. The molecule has 0 saturated heterocycles. The molecule has 0 saturated carbocycles. The molecule has 2 aromatic carbocycles. The number of allylic oxidation sites excluding steroid dienone is 2. The Morgan fingerprint density at radius 2 is 1.83 bits per heavy atom.